The average Bonchev–Trinajstić information content (AvgIpc) is 2.69. The molecule has 27 heavy (non-hydrogen) atoms. The number of H-pyrrole nitrogens is 1. The molecule has 1 amide bonds. The van der Waals surface area contributed by atoms with Crippen LogP contribution in [0.15, 0.2) is 46.0 Å². The fourth-order valence-electron chi connectivity index (χ4n) is 3.13. The first-order chi connectivity index (χ1) is 13.0. The fraction of sp³-hybridized carbons (Fsp3) is 0.421. The number of carbonyl (C=O) groups is 1. The van der Waals surface area contributed by atoms with Crippen LogP contribution in [0.5, 0.6) is 5.75 Å². The lowest BCUT2D eigenvalue weighted by Gasteiger charge is -2.33. The SMILES string of the molecule is Cn1c(=O)cc(N2CCCC(C(=O)NCCOc3ccccc3)C2)[nH]c1=O. The van der Waals surface area contributed by atoms with Crippen LogP contribution in [-0.2, 0) is 11.8 Å². The number of ether oxygens (including phenoxy) is 1. The molecule has 0 spiro atoms. The molecular weight excluding hydrogens is 348 g/mol. The lowest BCUT2D eigenvalue weighted by Crippen LogP contribution is -2.45. The van der Waals surface area contributed by atoms with Gasteiger partial charge in [-0.25, -0.2) is 4.79 Å². The molecule has 2 heterocycles. The summed E-state index contributed by atoms with van der Waals surface area (Å²) in [5, 5.41) is 2.90. The Morgan fingerprint density at radius 2 is 2.07 bits per heavy atom. The largest absolute Gasteiger partial charge is 0.492 e. The van der Waals surface area contributed by atoms with Crippen molar-refractivity contribution in [2.75, 3.05) is 31.1 Å². The summed E-state index contributed by atoms with van der Waals surface area (Å²) >= 11 is 0. The van der Waals surface area contributed by atoms with Crippen molar-refractivity contribution in [2.45, 2.75) is 12.8 Å². The van der Waals surface area contributed by atoms with Crippen molar-refractivity contribution in [1.29, 1.82) is 0 Å². The molecule has 1 aromatic heterocycles. The highest BCUT2D eigenvalue weighted by Crippen LogP contribution is 2.20. The van der Waals surface area contributed by atoms with Crippen LogP contribution in [0.3, 0.4) is 0 Å². The van der Waals surface area contributed by atoms with E-state index in [0.717, 1.165) is 23.2 Å². The topological polar surface area (TPSA) is 96.4 Å². The maximum absolute atomic E-state index is 12.4. The van der Waals surface area contributed by atoms with Gasteiger partial charge in [0.25, 0.3) is 5.56 Å². The van der Waals surface area contributed by atoms with Gasteiger partial charge in [-0.1, -0.05) is 18.2 Å². The molecule has 1 atom stereocenters. The maximum atomic E-state index is 12.4. The highest BCUT2D eigenvalue weighted by Gasteiger charge is 2.26. The summed E-state index contributed by atoms with van der Waals surface area (Å²) in [5.74, 6) is 1.00. The summed E-state index contributed by atoms with van der Waals surface area (Å²) in [6.07, 6.45) is 1.59. The number of aromatic amines is 1. The molecule has 1 fully saturated rings. The van der Waals surface area contributed by atoms with E-state index in [2.05, 4.69) is 10.3 Å². The normalized spacial score (nSPS) is 16.8. The van der Waals surface area contributed by atoms with Crippen LogP contribution >= 0.6 is 0 Å². The van der Waals surface area contributed by atoms with Crippen LogP contribution < -0.4 is 26.2 Å². The molecule has 1 aliphatic rings. The van der Waals surface area contributed by atoms with Crippen molar-refractivity contribution in [3.8, 4) is 5.75 Å². The van der Waals surface area contributed by atoms with Crippen LogP contribution in [0.1, 0.15) is 12.8 Å². The lowest BCUT2D eigenvalue weighted by molar-refractivity contribution is -0.125. The number of para-hydroxylation sites is 1. The number of amides is 1. The van der Waals surface area contributed by atoms with Gasteiger partial charge in [-0.3, -0.25) is 19.1 Å². The first-order valence-electron chi connectivity index (χ1n) is 9.05. The zero-order valence-electron chi connectivity index (χ0n) is 15.3. The Kier molecular flexibility index (Phi) is 5.95. The summed E-state index contributed by atoms with van der Waals surface area (Å²) in [6, 6.07) is 10.8. The average molecular weight is 372 g/mol. The van der Waals surface area contributed by atoms with E-state index >= 15 is 0 Å². The van der Waals surface area contributed by atoms with Gasteiger partial charge in [-0.05, 0) is 25.0 Å². The summed E-state index contributed by atoms with van der Waals surface area (Å²) in [6.45, 7) is 1.99. The van der Waals surface area contributed by atoms with Crippen LogP contribution in [0.25, 0.3) is 0 Å². The molecule has 0 bridgehead atoms. The van der Waals surface area contributed by atoms with E-state index in [1.54, 1.807) is 0 Å². The van der Waals surface area contributed by atoms with Crippen LogP contribution in [0, 0.1) is 5.92 Å². The van der Waals surface area contributed by atoms with E-state index in [4.69, 9.17) is 4.74 Å². The summed E-state index contributed by atoms with van der Waals surface area (Å²) in [7, 11) is 1.43. The molecule has 1 unspecified atom stereocenters. The molecule has 0 aliphatic carbocycles. The van der Waals surface area contributed by atoms with Gasteiger partial charge in [-0.15, -0.1) is 0 Å². The zero-order chi connectivity index (χ0) is 19.2. The summed E-state index contributed by atoms with van der Waals surface area (Å²) in [4.78, 5) is 40.7. The first-order valence-corrected chi connectivity index (χ1v) is 9.05. The highest BCUT2D eigenvalue weighted by molar-refractivity contribution is 5.79. The number of aromatic nitrogens is 2. The standard InChI is InChI=1S/C19H24N4O4/c1-22-17(24)12-16(21-19(22)26)23-10-5-6-14(13-23)18(25)20-9-11-27-15-7-3-2-4-8-15/h2-4,7-8,12,14H,5-6,9-11,13H2,1H3,(H,20,25)(H,21,26). The van der Waals surface area contributed by atoms with E-state index in [1.165, 1.54) is 13.1 Å². The van der Waals surface area contributed by atoms with Crippen molar-refractivity contribution < 1.29 is 9.53 Å². The first kappa shape index (κ1) is 18.8. The number of hydrogen-bond acceptors (Lipinski definition) is 5. The predicted octanol–water partition coefficient (Wildman–Crippen LogP) is 0.485. The summed E-state index contributed by atoms with van der Waals surface area (Å²) < 4.78 is 6.59. The fourth-order valence-corrected chi connectivity index (χ4v) is 3.13. The molecule has 8 heteroatoms. The Bertz CT molecular complexity index is 859. The molecule has 2 aromatic rings. The minimum Gasteiger partial charge on any atom is -0.492 e. The Labute approximate surface area is 156 Å². The number of anilines is 1. The maximum Gasteiger partial charge on any atom is 0.329 e. The van der Waals surface area contributed by atoms with Crippen LogP contribution in [0.4, 0.5) is 5.82 Å². The number of carbonyl (C=O) groups excluding carboxylic acids is 1. The Balaban J connectivity index is 1.52. The van der Waals surface area contributed by atoms with Gasteiger partial charge in [0.15, 0.2) is 0 Å². The van der Waals surface area contributed by atoms with Gasteiger partial charge in [-0.2, -0.15) is 0 Å². The third-order valence-corrected chi connectivity index (χ3v) is 4.68. The molecule has 1 aromatic carbocycles. The van der Waals surface area contributed by atoms with Gasteiger partial charge in [0.2, 0.25) is 5.91 Å². The van der Waals surface area contributed by atoms with E-state index in [-0.39, 0.29) is 17.4 Å². The second-order valence-corrected chi connectivity index (χ2v) is 6.59. The molecule has 0 saturated carbocycles. The number of nitrogens with one attached hydrogen (secondary N) is 2. The number of piperidine rings is 1. The van der Waals surface area contributed by atoms with Crippen molar-refractivity contribution in [3.63, 3.8) is 0 Å². The lowest BCUT2D eigenvalue weighted by atomic mass is 9.97. The second-order valence-electron chi connectivity index (χ2n) is 6.59. The van der Waals surface area contributed by atoms with Gasteiger partial charge >= 0.3 is 5.69 Å². The number of benzene rings is 1. The Morgan fingerprint density at radius 1 is 1.30 bits per heavy atom. The van der Waals surface area contributed by atoms with Crippen molar-refractivity contribution in [2.24, 2.45) is 13.0 Å². The molecule has 2 N–H and O–H groups in total. The van der Waals surface area contributed by atoms with Gasteiger partial charge in [0.1, 0.15) is 18.2 Å². The van der Waals surface area contributed by atoms with E-state index < -0.39 is 5.69 Å². The van der Waals surface area contributed by atoms with Gasteiger partial charge in [0.05, 0.1) is 12.5 Å². The molecule has 0 radical (unpaired) electrons. The number of nitrogens with zero attached hydrogens (tertiary/aromatic N) is 2. The molecule has 144 valence electrons. The molecule has 8 nitrogen and oxygen atoms in total. The molecule has 1 aliphatic heterocycles. The number of hydrogen-bond donors (Lipinski definition) is 2. The van der Waals surface area contributed by atoms with Crippen LogP contribution in [-0.4, -0.2) is 41.7 Å². The minimum absolute atomic E-state index is 0.0393. The smallest absolute Gasteiger partial charge is 0.329 e. The Hall–Kier alpha value is -3.03. The van der Waals surface area contributed by atoms with Crippen molar-refractivity contribution in [1.82, 2.24) is 14.9 Å². The van der Waals surface area contributed by atoms with Crippen molar-refractivity contribution >= 4 is 11.7 Å². The van der Waals surface area contributed by atoms with Crippen molar-refractivity contribution in [3.05, 3.63) is 57.2 Å². The second kappa shape index (κ2) is 8.57. The molecular formula is C19H24N4O4. The Morgan fingerprint density at radius 3 is 2.81 bits per heavy atom. The van der Waals surface area contributed by atoms with Crippen LogP contribution in [0.2, 0.25) is 0 Å². The van der Waals surface area contributed by atoms with Gasteiger partial charge < -0.3 is 15.0 Å². The number of rotatable bonds is 6. The monoisotopic (exact) mass is 372 g/mol. The van der Waals surface area contributed by atoms with E-state index in [0.29, 0.717) is 32.1 Å². The van der Waals surface area contributed by atoms with E-state index in [9.17, 15) is 14.4 Å². The van der Waals surface area contributed by atoms with Gasteiger partial charge in [0, 0.05) is 26.2 Å². The third kappa shape index (κ3) is 4.78. The highest BCUT2D eigenvalue weighted by atomic mass is 16.5. The summed E-state index contributed by atoms with van der Waals surface area (Å²) in [5.41, 5.74) is -0.819. The third-order valence-electron chi connectivity index (χ3n) is 4.68. The molecule has 1 saturated heterocycles. The minimum atomic E-state index is -0.456. The zero-order valence-corrected chi connectivity index (χ0v) is 15.3. The van der Waals surface area contributed by atoms with E-state index in [1.807, 2.05) is 35.2 Å². The predicted molar refractivity (Wildman–Crippen MR) is 102 cm³/mol. The molecule has 3 rings (SSSR count). The quantitative estimate of drug-likeness (QED) is 0.719.